The highest BCUT2D eigenvalue weighted by Gasteiger charge is 2.17. The van der Waals surface area contributed by atoms with Gasteiger partial charge in [0, 0.05) is 22.3 Å². The minimum atomic E-state index is -0.481. The Bertz CT molecular complexity index is 647. The van der Waals surface area contributed by atoms with Crippen LogP contribution in [0.25, 0.3) is 11.3 Å². The molecule has 0 aliphatic heterocycles. The second kappa shape index (κ2) is 4.94. The summed E-state index contributed by atoms with van der Waals surface area (Å²) in [7, 11) is 0. The number of aromatic nitrogens is 1. The molecule has 0 bridgehead atoms. The van der Waals surface area contributed by atoms with Crippen molar-refractivity contribution in [2.75, 3.05) is 0 Å². The summed E-state index contributed by atoms with van der Waals surface area (Å²) < 4.78 is 0.548. The van der Waals surface area contributed by atoms with E-state index in [-0.39, 0.29) is 11.4 Å². The minimum absolute atomic E-state index is 0.0749. The predicted octanol–water partition coefficient (Wildman–Crippen LogP) is 3.29. The van der Waals surface area contributed by atoms with Gasteiger partial charge in [0.05, 0.1) is 16.6 Å². The lowest BCUT2D eigenvalue weighted by Gasteiger charge is -2.02. The molecule has 0 atom stereocenters. The zero-order chi connectivity index (χ0) is 13.1. The molecule has 0 aliphatic rings. The van der Waals surface area contributed by atoms with Gasteiger partial charge >= 0.3 is 0 Å². The summed E-state index contributed by atoms with van der Waals surface area (Å²) in [6.07, 6.45) is 1.50. The van der Waals surface area contributed by atoms with Gasteiger partial charge in [0.2, 0.25) is 0 Å². The van der Waals surface area contributed by atoms with Crippen LogP contribution in [0.4, 0.5) is 5.69 Å². The van der Waals surface area contributed by atoms with E-state index >= 15 is 0 Å². The number of rotatable bonds is 2. The van der Waals surface area contributed by atoms with Crippen molar-refractivity contribution in [2.24, 2.45) is 0 Å². The van der Waals surface area contributed by atoms with Crippen molar-refractivity contribution in [1.29, 1.82) is 5.26 Å². The lowest BCUT2D eigenvalue weighted by molar-refractivity contribution is -0.384. The van der Waals surface area contributed by atoms with Gasteiger partial charge in [-0.2, -0.15) is 5.26 Å². The first kappa shape index (κ1) is 12.2. The molecule has 0 amide bonds. The Morgan fingerprint density at radius 2 is 2.00 bits per heavy atom. The Labute approximate surface area is 111 Å². The minimum Gasteiger partial charge on any atom is -0.258 e. The van der Waals surface area contributed by atoms with E-state index in [0.29, 0.717) is 15.6 Å². The number of hydrogen-bond donors (Lipinski definition) is 0. The molecule has 0 saturated heterocycles. The number of pyridine rings is 1. The number of nitro groups is 1. The number of nitriles is 1. The third-order valence-electron chi connectivity index (χ3n) is 2.32. The molecule has 0 saturated carbocycles. The summed E-state index contributed by atoms with van der Waals surface area (Å²) in [6, 6.07) is 9.87. The van der Waals surface area contributed by atoms with Gasteiger partial charge in [-0.15, -0.1) is 0 Å². The van der Waals surface area contributed by atoms with Crippen LogP contribution in [-0.2, 0) is 0 Å². The first-order valence-electron chi connectivity index (χ1n) is 4.92. The molecule has 0 aliphatic carbocycles. The highest BCUT2D eigenvalue weighted by Crippen LogP contribution is 2.29. The molecule has 2 rings (SSSR count). The van der Waals surface area contributed by atoms with Crippen molar-refractivity contribution in [2.45, 2.75) is 0 Å². The molecule has 0 fully saturated rings. The van der Waals surface area contributed by atoms with Crippen LogP contribution >= 0.6 is 15.9 Å². The Hall–Kier alpha value is -2.26. The van der Waals surface area contributed by atoms with Crippen LogP contribution in [0.2, 0.25) is 0 Å². The van der Waals surface area contributed by atoms with Crippen molar-refractivity contribution in [3.63, 3.8) is 0 Å². The SMILES string of the molecule is N#Cc1ccc(-c2ncc(Br)cc2[N+](=O)[O-])cc1. The van der Waals surface area contributed by atoms with Crippen molar-refractivity contribution in [1.82, 2.24) is 4.98 Å². The Kier molecular flexibility index (Phi) is 3.35. The van der Waals surface area contributed by atoms with Crippen molar-refractivity contribution in [3.05, 3.63) is 56.7 Å². The van der Waals surface area contributed by atoms with Crippen LogP contribution in [0.15, 0.2) is 41.0 Å². The first-order valence-corrected chi connectivity index (χ1v) is 5.71. The summed E-state index contributed by atoms with van der Waals surface area (Å²) >= 11 is 3.15. The molecule has 0 radical (unpaired) electrons. The fourth-order valence-corrected chi connectivity index (χ4v) is 1.81. The van der Waals surface area contributed by atoms with E-state index in [9.17, 15) is 10.1 Å². The van der Waals surface area contributed by atoms with Gasteiger partial charge in [-0.1, -0.05) is 12.1 Å². The molecule has 0 N–H and O–H groups in total. The fraction of sp³-hybridized carbons (Fsp3) is 0. The normalized spacial score (nSPS) is 9.78. The molecule has 1 heterocycles. The summed E-state index contributed by atoms with van der Waals surface area (Å²) in [5.74, 6) is 0. The second-order valence-electron chi connectivity index (χ2n) is 3.47. The molecule has 6 heteroatoms. The smallest absolute Gasteiger partial charge is 0.258 e. The topological polar surface area (TPSA) is 79.8 Å². The van der Waals surface area contributed by atoms with Gasteiger partial charge < -0.3 is 0 Å². The molecule has 1 aromatic heterocycles. The average Bonchev–Trinajstić information content (AvgIpc) is 2.39. The van der Waals surface area contributed by atoms with Gasteiger partial charge in [0.1, 0.15) is 5.69 Å². The molecule has 0 spiro atoms. The summed E-state index contributed by atoms with van der Waals surface area (Å²) in [5.41, 5.74) is 1.31. The largest absolute Gasteiger partial charge is 0.296 e. The van der Waals surface area contributed by atoms with Crippen LogP contribution in [0, 0.1) is 21.4 Å². The van der Waals surface area contributed by atoms with Gasteiger partial charge in [-0.05, 0) is 28.1 Å². The highest BCUT2D eigenvalue weighted by atomic mass is 79.9. The van der Waals surface area contributed by atoms with E-state index in [4.69, 9.17) is 5.26 Å². The van der Waals surface area contributed by atoms with Gasteiger partial charge in [-0.3, -0.25) is 10.1 Å². The van der Waals surface area contributed by atoms with Crippen LogP contribution in [0.3, 0.4) is 0 Å². The lowest BCUT2D eigenvalue weighted by Crippen LogP contribution is -1.94. The average molecular weight is 304 g/mol. The fourth-order valence-electron chi connectivity index (χ4n) is 1.49. The molecule has 88 valence electrons. The van der Waals surface area contributed by atoms with Crippen molar-refractivity contribution < 1.29 is 4.92 Å². The molecular weight excluding hydrogens is 298 g/mol. The maximum Gasteiger partial charge on any atom is 0.296 e. The molecule has 0 unspecified atom stereocenters. The molecule has 2 aromatic rings. The van der Waals surface area contributed by atoms with E-state index in [1.165, 1.54) is 12.3 Å². The molecule has 5 nitrogen and oxygen atoms in total. The van der Waals surface area contributed by atoms with E-state index in [2.05, 4.69) is 20.9 Å². The number of halogens is 1. The third-order valence-corrected chi connectivity index (χ3v) is 2.75. The van der Waals surface area contributed by atoms with E-state index in [1.807, 2.05) is 6.07 Å². The third kappa shape index (κ3) is 2.36. The summed E-state index contributed by atoms with van der Waals surface area (Å²) in [4.78, 5) is 14.5. The quantitative estimate of drug-likeness (QED) is 0.630. The molecular formula is C12H6BrN3O2. The first-order chi connectivity index (χ1) is 8.61. The van der Waals surface area contributed by atoms with Crippen molar-refractivity contribution >= 4 is 21.6 Å². The molecule has 1 aromatic carbocycles. The van der Waals surface area contributed by atoms with E-state index < -0.39 is 4.92 Å². The summed E-state index contributed by atoms with van der Waals surface area (Å²) in [6.45, 7) is 0. The number of benzene rings is 1. The molecule has 18 heavy (non-hydrogen) atoms. The monoisotopic (exact) mass is 303 g/mol. The predicted molar refractivity (Wildman–Crippen MR) is 68.7 cm³/mol. The Morgan fingerprint density at radius 3 is 2.56 bits per heavy atom. The van der Waals surface area contributed by atoms with Crippen LogP contribution in [0.1, 0.15) is 5.56 Å². The Morgan fingerprint density at radius 1 is 1.33 bits per heavy atom. The van der Waals surface area contributed by atoms with Crippen LogP contribution in [-0.4, -0.2) is 9.91 Å². The zero-order valence-corrected chi connectivity index (χ0v) is 10.6. The van der Waals surface area contributed by atoms with Crippen molar-refractivity contribution in [3.8, 4) is 17.3 Å². The summed E-state index contributed by atoms with van der Waals surface area (Å²) in [5, 5.41) is 19.7. The van der Waals surface area contributed by atoms with E-state index in [1.54, 1.807) is 24.3 Å². The van der Waals surface area contributed by atoms with Gasteiger partial charge in [0.25, 0.3) is 5.69 Å². The second-order valence-corrected chi connectivity index (χ2v) is 4.38. The number of nitrogens with zero attached hydrogens (tertiary/aromatic N) is 3. The standard InChI is InChI=1S/C12H6BrN3O2/c13-10-5-11(16(17)18)12(15-7-10)9-3-1-8(6-14)2-4-9/h1-5,7H. The maximum atomic E-state index is 11.0. The maximum absolute atomic E-state index is 11.0. The van der Waals surface area contributed by atoms with Gasteiger partial charge in [-0.25, -0.2) is 4.98 Å². The zero-order valence-electron chi connectivity index (χ0n) is 9.00. The highest BCUT2D eigenvalue weighted by molar-refractivity contribution is 9.10. The number of hydrogen-bond acceptors (Lipinski definition) is 4. The van der Waals surface area contributed by atoms with E-state index in [0.717, 1.165) is 0 Å². The van der Waals surface area contributed by atoms with Gasteiger partial charge in [0.15, 0.2) is 0 Å². The van der Waals surface area contributed by atoms with Crippen LogP contribution < -0.4 is 0 Å². The van der Waals surface area contributed by atoms with Crippen LogP contribution in [0.5, 0.6) is 0 Å². The Balaban J connectivity index is 2.56. The lowest BCUT2D eigenvalue weighted by atomic mass is 10.1.